The number of likely N-dealkylation sites (tertiary alicyclic amines) is 1. The van der Waals surface area contributed by atoms with Crippen molar-refractivity contribution in [3.05, 3.63) is 71.5 Å². The zero-order valence-electron chi connectivity index (χ0n) is 19.1. The molecule has 172 valence electrons. The fourth-order valence-corrected chi connectivity index (χ4v) is 4.14. The zero-order valence-corrected chi connectivity index (χ0v) is 19.1. The molecule has 4 rings (SSSR count). The monoisotopic (exact) mass is 448 g/mol. The first-order valence-electron chi connectivity index (χ1n) is 10.9. The molecule has 2 heterocycles. The third-order valence-electron chi connectivity index (χ3n) is 6.13. The molecule has 0 bridgehead atoms. The number of carbonyl (C=O) groups excluding carboxylic acids is 2. The summed E-state index contributed by atoms with van der Waals surface area (Å²) in [5, 5.41) is 7.29. The van der Waals surface area contributed by atoms with Crippen LogP contribution in [-0.2, 0) is 0 Å². The molecule has 0 saturated carbocycles. The molecule has 2 amide bonds. The van der Waals surface area contributed by atoms with Crippen molar-refractivity contribution in [2.45, 2.75) is 18.8 Å². The lowest BCUT2D eigenvalue weighted by Crippen LogP contribution is -2.38. The van der Waals surface area contributed by atoms with E-state index in [-0.39, 0.29) is 17.7 Å². The molecule has 1 N–H and O–H groups in total. The van der Waals surface area contributed by atoms with E-state index in [4.69, 9.17) is 9.47 Å². The van der Waals surface area contributed by atoms with Crippen LogP contribution in [0.4, 0.5) is 5.69 Å². The number of methoxy groups -OCH3 is 2. The fourth-order valence-electron chi connectivity index (χ4n) is 4.14. The quantitative estimate of drug-likeness (QED) is 0.621. The third kappa shape index (κ3) is 4.69. The van der Waals surface area contributed by atoms with E-state index in [1.54, 1.807) is 44.4 Å². The maximum Gasteiger partial charge on any atom is 0.278 e. The van der Waals surface area contributed by atoms with Gasteiger partial charge in [-0.2, -0.15) is 5.10 Å². The summed E-state index contributed by atoms with van der Waals surface area (Å²) in [6.45, 7) is 1.23. The summed E-state index contributed by atoms with van der Waals surface area (Å²) in [6, 6.07) is 16.5. The molecule has 1 aliphatic rings. The lowest BCUT2D eigenvalue weighted by molar-refractivity contribution is 0.0708. The van der Waals surface area contributed by atoms with Crippen molar-refractivity contribution in [3.8, 4) is 11.5 Å². The lowest BCUT2D eigenvalue weighted by atomic mass is 9.93. The molecule has 8 heteroatoms. The number of aromatic amines is 1. The summed E-state index contributed by atoms with van der Waals surface area (Å²) in [7, 11) is 4.86. The Morgan fingerprint density at radius 1 is 1.03 bits per heavy atom. The molecule has 1 aliphatic heterocycles. The van der Waals surface area contributed by atoms with Gasteiger partial charge in [-0.15, -0.1) is 0 Å². The van der Waals surface area contributed by atoms with Gasteiger partial charge in [0.15, 0.2) is 5.69 Å². The van der Waals surface area contributed by atoms with Gasteiger partial charge in [-0.05, 0) is 43.2 Å². The van der Waals surface area contributed by atoms with E-state index in [1.807, 2.05) is 41.3 Å². The van der Waals surface area contributed by atoms with E-state index in [2.05, 4.69) is 10.2 Å². The number of para-hydroxylation sites is 1. The second kappa shape index (κ2) is 9.77. The topological polar surface area (TPSA) is 87.8 Å². The largest absolute Gasteiger partial charge is 0.497 e. The van der Waals surface area contributed by atoms with Crippen molar-refractivity contribution < 1.29 is 19.1 Å². The summed E-state index contributed by atoms with van der Waals surface area (Å²) in [4.78, 5) is 29.3. The van der Waals surface area contributed by atoms with Crippen molar-refractivity contribution in [1.29, 1.82) is 0 Å². The minimum atomic E-state index is -0.164. The maximum atomic E-state index is 13.1. The van der Waals surface area contributed by atoms with E-state index in [1.165, 1.54) is 0 Å². The minimum absolute atomic E-state index is 0.0575. The molecule has 3 aromatic rings. The van der Waals surface area contributed by atoms with Crippen LogP contribution in [0.25, 0.3) is 0 Å². The first-order chi connectivity index (χ1) is 16.0. The third-order valence-corrected chi connectivity index (χ3v) is 6.13. The Hall–Kier alpha value is -3.81. The molecule has 33 heavy (non-hydrogen) atoms. The molecule has 8 nitrogen and oxygen atoms in total. The Morgan fingerprint density at radius 3 is 2.42 bits per heavy atom. The summed E-state index contributed by atoms with van der Waals surface area (Å²) < 4.78 is 10.6. The molecule has 0 aliphatic carbocycles. The number of ether oxygens (including phenoxy) is 2. The second-order valence-corrected chi connectivity index (χ2v) is 8.04. The number of carbonyl (C=O) groups is 2. The molecule has 2 aromatic carbocycles. The van der Waals surface area contributed by atoms with Crippen LogP contribution >= 0.6 is 0 Å². The zero-order chi connectivity index (χ0) is 23.4. The van der Waals surface area contributed by atoms with Crippen LogP contribution in [0.1, 0.15) is 45.3 Å². The van der Waals surface area contributed by atoms with Crippen molar-refractivity contribution in [2.75, 3.05) is 39.3 Å². The van der Waals surface area contributed by atoms with Crippen molar-refractivity contribution in [2.24, 2.45) is 0 Å². The van der Waals surface area contributed by atoms with E-state index in [0.717, 1.165) is 24.2 Å². The van der Waals surface area contributed by atoms with Gasteiger partial charge in [0.1, 0.15) is 11.5 Å². The molecule has 0 unspecified atom stereocenters. The summed E-state index contributed by atoms with van der Waals surface area (Å²) in [5.74, 6) is 1.13. The number of hydrogen-bond donors (Lipinski definition) is 1. The number of rotatable bonds is 6. The molecular formula is C25H28N4O4. The van der Waals surface area contributed by atoms with E-state index >= 15 is 0 Å². The Bertz CT molecular complexity index is 1120. The average Bonchev–Trinajstić information content (AvgIpc) is 3.38. The smallest absolute Gasteiger partial charge is 0.278 e. The number of H-pyrrole nitrogens is 1. The highest BCUT2D eigenvalue weighted by atomic mass is 16.5. The summed E-state index contributed by atoms with van der Waals surface area (Å²) in [6.07, 6.45) is 1.57. The van der Waals surface area contributed by atoms with Gasteiger partial charge in [-0.1, -0.05) is 18.2 Å². The van der Waals surface area contributed by atoms with Crippen molar-refractivity contribution in [1.82, 2.24) is 15.1 Å². The number of nitrogens with zero attached hydrogens (tertiary/aromatic N) is 3. The lowest BCUT2D eigenvalue weighted by Gasteiger charge is -2.31. The maximum absolute atomic E-state index is 13.1. The fraction of sp³-hybridized carbons (Fsp3) is 0.320. The number of nitrogens with one attached hydrogen (secondary N) is 1. The number of anilines is 1. The molecule has 1 aromatic heterocycles. The summed E-state index contributed by atoms with van der Waals surface area (Å²) in [5.41, 5.74) is 2.65. The number of aromatic nitrogens is 2. The highest BCUT2D eigenvalue weighted by molar-refractivity contribution is 6.04. The van der Waals surface area contributed by atoms with Crippen LogP contribution in [-0.4, -0.2) is 61.3 Å². The van der Waals surface area contributed by atoms with Gasteiger partial charge in [0.2, 0.25) is 0 Å². The van der Waals surface area contributed by atoms with Crippen LogP contribution in [0.5, 0.6) is 11.5 Å². The minimum Gasteiger partial charge on any atom is -0.497 e. The van der Waals surface area contributed by atoms with E-state index < -0.39 is 0 Å². The molecule has 0 spiro atoms. The Kier molecular flexibility index (Phi) is 6.63. The molecule has 0 atom stereocenters. The van der Waals surface area contributed by atoms with Crippen LogP contribution in [0.2, 0.25) is 0 Å². The predicted molar refractivity (Wildman–Crippen MR) is 125 cm³/mol. The number of amides is 2. The van der Waals surface area contributed by atoms with Crippen LogP contribution in [0.3, 0.4) is 0 Å². The summed E-state index contributed by atoms with van der Waals surface area (Å²) >= 11 is 0. The highest BCUT2D eigenvalue weighted by Crippen LogP contribution is 2.31. The standard InChI is InChI=1S/C25H28N4O4/c1-28(18-7-5-4-6-8-18)25(31)22-16-21(26-27-22)17-11-13-29(14-12-17)24(30)20-10-9-19(32-2)15-23(20)33-3/h4-10,15-17H,11-14H2,1-3H3,(H,26,27). The van der Waals surface area contributed by atoms with E-state index in [9.17, 15) is 9.59 Å². The van der Waals surface area contributed by atoms with Gasteiger partial charge in [-0.3, -0.25) is 14.7 Å². The molecular weight excluding hydrogens is 420 g/mol. The Labute approximate surface area is 193 Å². The van der Waals surface area contributed by atoms with Crippen molar-refractivity contribution in [3.63, 3.8) is 0 Å². The van der Waals surface area contributed by atoms with Gasteiger partial charge >= 0.3 is 0 Å². The second-order valence-electron chi connectivity index (χ2n) is 8.04. The molecule has 1 fully saturated rings. The van der Waals surface area contributed by atoms with Gasteiger partial charge in [0.05, 0.1) is 19.8 Å². The van der Waals surface area contributed by atoms with Gasteiger partial charge in [-0.25, -0.2) is 0 Å². The average molecular weight is 449 g/mol. The van der Waals surface area contributed by atoms with Gasteiger partial charge in [0.25, 0.3) is 11.8 Å². The predicted octanol–water partition coefficient (Wildman–Crippen LogP) is 3.72. The van der Waals surface area contributed by atoms with Crippen molar-refractivity contribution >= 4 is 17.5 Å². The van der Waals surface area contributed by atoms with Crippen LogP contribution in [0.15, 0.2) is 54.6 Å². The highest BCUT2D eigenvalue weighted by Gasteiger charge is 2.28. The normalized spacial score (nSPS) is 14.1. The molecule has 1 saturated heterocycles. The SMILES string of the molecule is COc1ccc(C(=O)N2CCC(c3cc(C(=O)N(C)c4ccccc4)n[nH]3)CC2)c(OC)c1. The first-order valence-corrected chi connectivity index (χ1v) is 10.9. The first kappa shape index (κ1) is 22.4. The number of hydrogen-bond acceptors (Lipinski definition) is 5. The van der Waals surface area contributed by atoms with Gasteiger partial charge < -0.3 is 19.3 Å². The Balaban J connectivity index is 1.39. The van der Waals surface area contributed by atoms with E-state index in [0.29, 0.717) is 35.8 Å². The molecule has 0 radical (unpaired) electrons. The van der Waals surface area contributed by atoms with Crippen LogP contribution < -0.4 is 14.4 Å². The number of benzene rings is 2. The Morgan fingerprint density at radius 2 is 1.76 bits per heavy atom. The number of piperidine rings is 1. The van der Waals surface area contributed by atoms with Gasteiger partial charge in [0, 0.05) is 43.5 Å². The van der Waals surface area contributed by atoms with Crippen LogP contribution in [0, 0.1) is 0 Å².